The fourth-order valence-electron chi connectivity index (χ4n) is 2.49. The van der Waals surface area contributed by atoms with Gasteiger partial charge in [-0.2, -0.15) is 0 Å². The first-order valence-electron chi connectivity index (χ1n) is 7.19. The number of ether oxygens (including phenoxy) is 1. The predicted octanol–water partition coefficient (Wildman–Crippen LogP) is 5.11. The van der Waals surface area contributed by atoms with Gasteiger partial charge in [-0.15, -0.1) is 0 Å². The van der Waals surface area contributed by atoms with Crippen molar-refractivity contribution in [3.63, 3.8) is 0 Å². The molecule has 3 nitrogen and oxygen atoms in total. The minimum absolute atomic E-state index is 0.227. The van der Waals surface area contributed by atoms with Gasteiger partial charge in [-0.05, 0) is 57.2 Å². The molecule has 5 heteroatoms. The van der Waals surface area contributed by atoms with Crippen LogP contribution in [-0.2, 0) is 4.74 Å². The molecule has 21 heavy (non-hydrogen) atoms. The summed E-state index contributed by atoms with van der Waals surface area (Å²) in [6.07, 6.45) is 1.60. The Hall–Kier alpha value is -0.930. The van der Waals surface area contributed by atoms with Crippen molar-refractivity contribution < 1.29 is 9.53 Å². The van der Waals surface area contributed by atoms with Gasteiger partial charge < -0.3 is 9.64 Å². The standard InChI is InChI=1S/C16H21Cl2NO2/c1-16(2,3)21-15(20)19-8-6-11(7-9-19)12-4-5-13(17)14(18)10-12/h4-5,10-11H,6-9H2,1-3H3. The third kappa shape index (κ3) is 4.52. The Morgan fingerprint density at radius 3 is 2.33 bits per heavy atom. The van der Waals surface area contributed by atoms with Crippen molar-refractivity contribution in [2.45, 2.75) is 45.1 Å². The molecule has 0 unspecified atom stereocenters. The topological polar surface area (TPSA) is 29.5 Å². The van der Waals surface area contributed by atoms with Crippen LogP contribution < -0.4 is 0 Å². The van der Waals surface area contributed by atoms with Gasteiger partial charge >= 0.3 is 6.09 Å². The summed E-state index contributed by atoms with van der Waals surface area (Å²) < 4.78 is 5.40. The summed E-state index contributed by atoms with van der Waals surface area (Å²) in [5.41, 5.74) is 0.741. The van der Waals surface area contributed by atoms with Crippen molar-refractivity contribution >= 4 is 29.3 Å². The maximum atomic E-state index is 12.0. The van der Waals surface area contributed by atoms with Gasteiger partial charge in [-0.25, -0.2) is 4.79 Å². The minimum atomic E-state index is -0.447. The van der Waals surface area contributed by atoms with Crippen molar-refractivity contribution in [1.82, 2.24) is 4.90 Å². The van der Waals surface area contributed by atoms with E-state index in [4.69, 9.17) is 27.9 Å². The summed E-state index contributed by atoms with van der Waals surface area (Å²) in [5, 5.41) is 1.16. The second kappa shape index (κ2) is 6.45. The number of carbonyl (C=O) groups excluding carboxylic acids is 1. The zero-order valence-electron chi connectivity index (χ0n) is 12.7. The molecule has 0 N–H and O–H groups in total. The van der Waals surface area contributed by atoms with Gasteiger partial charge in [0, 0.05) is 13.1 Å². The van der Waals surface area contributed by atoms with Crippen LogP contribution >= 0.6 is 23.2 Å². The monoisotopic (exact) mass is 329 g/mol. The van der Waals surface area contributed by atoms with E-state index >= 15 is 0 Å². The van der Waals surface area contributed by atoms with E-state index in [0.29, 0.717) is 29.1 Å². The van der Waals surface area contributed by atoms with E-state index < -0.39 is 5.60 Å². The Balaban J connectivity index is 1.94. The summed E-state index contributed by atoms with van der Waals surface area (Å²) >= 11 is 12.0. The molecule has 0 bridgehead atoms. The van der Waals surface area contributed by atoms with Gasteiger partial charge in [0.25, 0.3) is 0 Å². The Morgan fingerprint density at radius 2 is 1.81 bits per heavy atom. The number of hydrogen-bond acceptors (Lipinski definition) is 2. The first kappa shape index (κ1) is 16.4. The largest absolute Gasteiger partial charge is 0.444 e. The maximum absolute atomic E-state index is 12.0. The Morgan fingerprint density at radius 1 is 1.19 bits per heavy atom. The first-order chi connectivity index (χ1) is 9.76. The van der Waals surface area contributed by atoms with Crippen LogP contribution in [0.25, 0.3) is 0 Å². The van der Waals surface area contributed by atoms with Crippen LogP contribution in [0.1, 0.15) is 45.1 Å². The summed E-state index contributed by atoms with van der Waals surface area (Å²) in [6, 6.07) is 5.78. The third-order valence-corrected chi connectivity index (χ3v) is 4.30. The zero-order valence-corrected chi connectivity index (χ0v) is 14.2. The molecule has 1 aliphatic heterocycles. The van der Waals surface area contributed by atoms with Crippen LogP contribution in [0.4, 0.5) is 4.79 Å². The molecule has 1 amide bonds. The number of nitrogens with zero attached hydrogens (tertiary/aromatic N) is 1. The van der Waals surface area contributed by atoms with Gasteiger partial charge in [-0.1, -0.05) is 29.3 Å². The van der Waals surface area contributed by atoms with E-state index in [9.17, 15) is 4.79 Å². The lowest BCUT2D eigenvalue weighted by molar-refractivity contribution is 0.0205. The van der Waals surface area contributed by atoms with Crippen LogP contribution in [0.2, 0.25) is 10.0 Å². The van der Waals surface area contributed by atoms with Crippen LogP contribution in [0.3, 0.4) is 0 Å². The second-order valence-corrected chi connectivity index (χ2v) is 7.23. The highest BCUT2D eigenvalue weighted by Crippen LogP contribution is 2.32. The van der Waals surface area contributed by atoms with Crippen molar-refractivity contribution in [3.8, 4) is 0 Å². The van der Waals surface area contributed by atoms with Gasteiger partial charge in [0.1, 0.15) is 5.60 Å². The molecule has 0 spiro atoms. The zero-order chi connectivity index (χ0) is 15.6. The number of halogens is 2. The molecular formula is C16H21Cl2NO2. The smallest absolute Gasteiger partial charge is 0.410 e. The molecule has 1 saturated heterocycles. The molecule has 0 saturated carbocycles. The third-order valence-electron chi connectivity index (χ3n) is 3.56. The summed E-state index contributed by atoms with van der Waals surface area (Å²) in [4.78, 5) is 13.8. The number of amides is 1. The van der Waals surface area contributed by atoms with E-state index in [1.54, 1.807) is 4.90 Å². The lowest BCUT2D eigenvalue weighted by Gasteiger charge is -2.33. The molecule has 1 aromatic rings. The fourth-order valence-corrected chi connectivity index (χ4v) is 2.79. The van der Waals surface area contributed by atoms with Gasteiger partial charge in [-0.3, -0.25) is 0 Å². The number of carbonyl (C=O) groups is 1. The van der Waals surface area contributed by atoms with E-state index in [1.165, 1.54) is 5.56 Å². The van der Waals surface area contributed by atoms with Crippen molar-refractivity contribution in [2.24, 2.45) is 0 Å². The lowest BCUT2D eigenvalue weighted by Crippen LogP contribution is -2.41. The normalized spacial score (nSPS) is 16.9. The van der Waals surface area contributed by atoms with E-state index in [1.807, 2.05) is 39.0 Å². The van der Waals surface area contributed by atoms with E-state index in [2.05, 4.69) is 0 Å². The molecule has 0 radical (unpaired) electrons. The SMILES string of the molecule is CC(C)(C)OC(=O)N1CCC(c2ccc(Cl)c(Cl)c2)CC1. The van der Waals surface area contributed by atoms with E-state index in [-0.39, 0.29) is 6.09 Å². The number of benzene rings is 1. The molecule has 0 atom stereocenters. The number of piperidine rings is 1. The van der Waals surface area contributed by atoms with Crippen LogP contribution in [0.15, 0.2) is 18.2 Å². The molecule has 1 heterocycles. The minimum Gasteiger partial charge on any atom is -0.444 e. The lowest BCUT2D eigenvalue weighted by atomic mass is 9.89. The molecule has 0 aliphatic carbocycles. The highest BCUT2D eigenvalue weighted by Gasteiger charge is 2.27. The number of hydrogen-bond donors (Lipinski definition) is 0. The molecule has 1 aromatic carbocycles. The van der Waals surface area contributed by atoms with Gasteiger partial charge in [0.2, 0.25) is 0 Å². The van der Waals surface area contributed by atoms with Crippen LogP contribution in [0, 0.1) is 0 Å². The quantitative estimate of drug-likeness (QED) is 0.716. The summed E-state index contributed by atoms with van der Waals surface area (Å²) in [6.45, 7) is 7.06. The Labute approximate surface area is 136 Å². The van der Waals surface area contributed by atoms with Crippen molar-refractivity contribution in [3.05, 3.63) is 33.8 Å². The van der Waals surface area contributed by atoms with Crippen molar-refractivity contribution in [1.29, 1.82) is 0 Å². The van der Waals surface area contributed by atoms with Gasteiger partial charge in [0.15, 0.2) is 0 Å². The fraction of sp³-hybridized carbons (Fsp3) is 0.562. The molecule has 1 aliphatic rings. The molecular weight excluding hydrogens is 309 g/mol. The molecule has 2 rings (SSSR count). The second-order valence-electron chi connectivity index (χ2n) is 6.42. The predicted molar refractivity (Wildman–Crippen MR) is 86.2 cm³/mol. The maximum Gasteiger partial charge on any atom is 0.410 e. The Kier molecular flexibility index (Phi) is 5.05. The summed E-state index contributed by atoms with van der Waals surface area (Å²) in [5.74, 6) is 0.415. The first-order valence-corrected chi connectivity index (χ1v) is 7.95. The highest BCUT2D eigenvalue weighted by atomic mass is 35.5. The molecule has 116 valence electrons. The van der Waals surface area contributed by atoms with Crippen LogP contribution in [0.5, 0.6) is 0 Å². The molecule has 1 fully saturated rings. The molecule has 0 aromatic heterocycles. The van der Waals surface area contributed by atoms with E-state index in [0.717, 1.165) is 12.8 Å². The summed E-state index contributed by atoms with van der Waals surface area (Å²) in [7, 11) is 0. The average Bonchev–Trinajstić information content (AvgIpc) is 2.40. The number of rotatable bonds is 1. The highest BCUT2D eigenvalue weighted by molar-refractivity contribution is 6.42. The number of likely N-dealkylation sites (tertiary alicyclic amines) is 1. The Bertz CT molecular complexity index is 517. The van der Waals surface area contributed by atoms with Gasteiger partial charge in [0.05, 0.1) is 10.0 Å². The van der Waals surface area contributed by atoms with Crippen molar-refractivity contribution in [2.75, 3.05) is 13.1 Å². The average molecular weight is 330 g/mol. The van der Waals surface area contributed by atoms with Crippen LogP contribution in [-0.4, -0.2) is 29.7 Å².